The van der Waals surface area contributed by atoms with Gasteiger partial charge < -0.3 is 19.5 Å². The number of esters is 1. The summed E-state index contributed by atoms with van der Waals surface area (Å²) in [6, 6.07) is 27.0. The van der Waals surface area contributed by atoms with Gasteiger partial charge in [-0.25, -0.2) is 0 Å². The molecule has 0 bridgehead atoms. The van der Waals surface area contributed by atoms with Gasteiger partial charge in [0.1, 0.15) is 17.2 Å². The van der Waals surface area contributed by atoms with Crippen molar-refractivity contribution in [3.63, 3.8) is 0 Å². The van der Waals surface area contributed by atoms with Gasteiger partial charge in [-0.05, 0) is 72.6 Å². The number of rotatable bonds is 8. The van der Waals surface area contributed by atoms with Crippen LogP contribution in [0.1, 0.15) is 22.8 Å². The van der Waals surface area contributed by atoms with Crippen molar-refractivity contribution in [2.24, 2.45) is 0 Å². The zero-order valence-electron chi connectivity index (χ0n) is 23.5. The molecule has 1 heterocycles. The molecule has 0 aliphatic heterocycles. The molecule has 1 aromatic heterocycles. The minimum Gasteiger partial charge on any atom is -0.497 e. The summed E-state index contributed by atoms with van der Waals surface area (Å²) in [5, 5.41) is 8.41. The molecule has 1 amide bonds. The molecule has 212 valence electrons. The van der Waals surface area contributed by atoms with E-state index in [0.29, 0.717) is 50.2 Å². The lowest BCUT2D eigenvalue weighted by Crippen LogP contribution is -2.11. The van der Waals surface area contributed by atoms with Gasteiger partial charge in [0, 0.05) is 34.8 Å². The molecule has 0 spiro atoms. The standard InChI is InChI=1S/C33H28ClN3O5/c1-20-7-5-6-8-28(20)37-33(42-21(2)38)30(31(36-37)27-18-17-26(40-3)19-29(27)41-4)22-11-15-25(16-12-22)35-32(39)23-9-13-24(34)14-10-23/h5-19H,1-4H3,(H,35,39). The third-order valence-electron chi connectivity index (χ3n) is 6.63. The molecule has 4 aromatic carbocycles. The Balaban J connectivity index is 1.66. The lowest BCUT2D eigenvalue weighted by molar-refractivity contribution is -0.132. The van der Waals surface area contributed by atoms with Crippen LogP contribution >= 0.6 is 11.6 Å². The van der Waals surface area contributed by atoms with Crippen LogP contribution in [0.4, 0.5) is 5.69 Å². The van der Waals surface area contributed by atoms with Crippen LogP contribution in [0.5, 0.6) is 17.4 Å². The SMILES string of the molecule is COc1ccc(-c2nn(-c3ccccc3C)c(OC(C)=O)c2-c2ccc(NC(=O)c3ccc(Cl)cc3)cc2)c(OC)c1. The molecule has 0 aliphatic rings. The van der Waals surface area contributed by atoms with E-state index in [1.54, 1.807) is 61.4 Å². The summed E-state index contributed by atoms with van der Waals surface area (Å²) in [6.07, 6.45) is 0. The highest BCUT2D eigenvalue weighted by atomic mass is 35.5. The van der Waals surface area contributed by atoms with Crippen LogP contribution in [-0.4, -0.2) is 35.9 Å². The van der Waals surface area contributed by atoms with Crippen LogP contribution in [0.25, 0.3) is 28.1 Å². The quantitative estimate of drug-likeness (QED) is 0.192. The van der Waals surface area contributed by atoms with E-state index in [9.17, 15) is 9.59 Å². The van der Waals surface area contributed by atoms with Crippen molar-refractivity contribution in [1.82, 2.24) is 9.78 Å². The Hall–Kier alpha value is -5.08. The monoisotopic (exact) mass is 581 g/mol. The lowest BCUT2D eigenvalue weighted by Gasteiger charge is -2.12. The van der Waals surface area contributed by atoms with E-state index < -0.39 is 5.97 Å². The molecule has 0 unspecified atom stereocenters. The Morgan fingerprint density at radius 1 is 0.881 bits per heavy atom. The first-order chi connectivity index (χ1) is 20.3. The summed E-state index contributed by atoms with van der Waals surface area (Å²) < 4.78 is 18.6. The number of nitrogens with zero attached hydrogens (tertiary/aromatic N) is 2. The number of ether oxygens (including phenoxy) is 3. The first kappa shape index (κ1) is 28.4. The van der Waals surface area contributed by atoms with Crippen LogP contribution in [0.15, 0.2) is 91.0 Å². The first-order valence-corrected chi connectivity index (χ1v) is 13.4. The predicted octanol–water partition coefficient (Wildman–Crippen LogP) is 7.36. The van der Waals surface area contributed by atoms with Crippen molar-refractivity contribution in [1.29, 1.82) is 0 Å². The molecule has 0 aliphatic carbocycles. The fourth-order valence-electron chi connectivity index (χ4n) is 4.56. The van der Waals surface area contributed by atoms with E-state index in [2.05, 4.69) is 5.32 Å². The average molecular weight is 582 g/mol. The number of benzene rings is 4. The predicted molar refractivity (Wildman–Crippen MR) is 163 cm³/mol. The highest BCUT2D eigenvalue weighted by molar-refractivity contribution is 6.30. The van der Waals surface area contributed by atoms with Gasteiger partial charge in [0.2, 0.25) is 5.88 Å². The number of methoxy groups -OCH3 is 2. The minimum atomic E-state index is -0.494. The smallest absolute Gasteiger partial charge is 0.309 e. The number of halogens is 1. The topological polar surface area (TPSA) is 91.7 Å². The number of carbonyl (C=O) groups excluding carboxylic acids is 2. The molecule has 0 saturated carbocycles. The largest absolute Gasteiger partial charge is 0.497 e. The Labute approximate surface area is 248 Å². The molecule has 42 heavy (non-hydrogen) atoms. The van der Waals surface area contributed by atoms with E-state index in [0.717, 1.165) is 11.3 Å². The normalized spacial score (nSPS) is 10.7. The van der Waals surface area contributed by atoms with Gasteiger partial charge in [-0.1, -0.05) is 41.9 Å². The molecule has 5 rings (SSSR count). The Morgan fingerprint density at radius 2 is 1.60 bits per heavy atom. The number of carbonyl (C=O) groups is 2. The molecular formula is C33H28ClN3O5. The minimum absolute atomic E-state index is 0.252. The van der Waals surface area contributed by atoms with E-state index >= 15 is 0 Å². The number of hydrogen-bond donors (Lipinski definition) is 1. The highest BCUT2D eigenvalue weighted by Crippen LogP contribution is 2.44. The molecule has 5 aromatic rings. The number of aryl methyl sites for hydroxylation is 1. The summed E-state index contributed by atoms with van der Waals surface area (Å²) in [6.45, 7) is 3.31. The van der Waals surface area contributed by atoms with Crippen molar-refractivity contribution in [2.75, 3.05) is 19.5 Å². The van der Waals surface area contributed by atoms with Gasteiger partial charge in [-0.2, -0.15) is 9.78 Å². The van der Waals surface area contributed by atoms with E-state index in [1.165, 1.54) is 6.92 Å². The summed E-state index contributed by atoms with van der Waals surface area (Å²) >= 11 is 5.95. The van der Waals surface area contributed by atoms with Crippen molar-refractivity contribution in [3.05, 3.63) is 107 Å². The summed E-state index contributed by atoms with van der Waals surface area (Å²) in [4.78, 5) is 25.1. The molecule has 9 heteroatoms. The van der Waals surface area contributed by atoms with Crippen LogP contribution in [0.2, 0.25) is 5.02 Å². The summed E-state index contributed by atoms with van der Waals surface area (Å²) in [5.41, 5.74) is 5.25. The maximum atomic E-state index is 12.8. The highest BCUT2D eigenvalue weighted by Gasteiger charge is 2.27. The number of aromatic nitrogens is 2. The van der Waals surface area contributed by atoms with Crippen LogP contribution in [-0.2, 0) is 4.79 Å². The van der Waals surface area contributed by atoms with Crippen LogP contribution in [0, 0.1) is 6.92 Å². The molecule has 0 fully saturated rings. The Morgan fingerprint density at radius 3 is 2.24 bits per heavy atom. The maximum absolute atomic E-state index is 12.8. The zero-order chi connectivity index (χ0) is 29.8. The van der Waals surface area contributed by atoms with Gasteiger partial charge in [0.15, 0.2) is 0 Å². The zero-order valence-corrected chi connectivity index (χ0v) is 24.2. The average Bonchev–Trinajstić information content (AvgIpc) is 3.35. The summed E-state index contributed by atoms with van der Waals surface area (Å²) in [7, 11) is 3.15. The second-order valence-corrected chi connectivity index (χ2v) is 9.86. The van der Waals surface area contributed by atoms with Crippen molar-refractivity contribution in [2.45, 2.75) is 13.8 Å². The van der Waals surface area contributed by atoms with Crippen molar-refractivity contribution in [3.8, 4) is 45.5 Å². The number of anilines is 1. The second-order valence-electron chi connectivity index (χ2n) is 9.43. The van der Waals surface area contributed by atoms with Gasteiger partial charge in [-0.3, -0.25) is 9.59 Å². The Bertz CT molecular complexity index is 1760. The molecule has 0 atom stereocenters. The third kappa shape index (κ3) is 5.84. The van der Waals surface area contributed by atoms with Gasteiger partial charge in [-0.15, -0.1) is 0 Å². The molecule has 0 radical (unpaired) electrons. The van der Waals surface area contributed by atoms with Crippen LogP contribution < -0.4 is 19.5 Å². The number of hydrogen-bond acceptors (Lipinski definition) is 6. The third-order valence-corrected chi connectivity index (χ3v) is 6.88. The molecule has 1 N–H and O–H groups in total. The van der Waals surface area contributed by atoms with E-state index in [1.807, 2.05) is 55.5 Å². The van der Waals surface area contributed by atoms with Crippen molar-refractivity contribution < 1.29 is 23.8 Å². The molecular weight excluding hydrogens is 554 g/mol. The van der Waals surface area contributed by atoms with Gasteiger partial charge >= 0.3 is 5.97 Å². The van der Waals surface area contributed by atoms with Gasteiger partial charge in [0.05, 0.1) is 25.5 Å². The number of nitrogens with one attached hydrogen (secondary N) is 1. The fraction of sp³-hybridized carbons (Fsp3) is 0.121. The van der Waals surface area contributed by atoms with E-state index in [4.69, 9.17) is 30.9 Å². The van der Waals surface area contributed by atoms with Crippen molar-refractivity contribution >= 4 is 29.2 Å². The lowest BCUT2D eigenvalue weighted by atomic mass is 10.00. The Kier molecular flexibility index (Phi) is 8.26. The summed E-state index contributed by atoms with van der Waals surface area (Å²) in [5.74, 6) is 0.646. The number of amides is 1. The number of para-hydroxylation sites is 1. The first-order valence-electron chi connectivity index (χ1n) is 13.1. The van der Waals surface area contributed by atoms with E-state index in [-0.39, 0.29) is 11.8 Å². The van der Waals surface area contributed by atoms with Gasteiger partial charge in [0.25, 0.3) is 5.91 Å². The maximum Gasteiger partial charge on any atom is 0.309 e. The fourth-order valence-corrected chi connectivity index (χ4v) is 4.69. The van der Waals surface area contributed by atoms with Crippen LogP contribution in [0.3, 0.4) is 0 Å². The molecule has 8 nitrogen and oxygen atoms in total. The molecule has 0 saturated heterocycles. The second kappa shape index (κ2) is 12.2.